The largest absolute Gasteiger partial charge is 0.371 e. The molecule has 2 aromatic heterocycles. The summed E-state index contributed by atoms with van der Waals surface area (Å²) in [5, 5.41) is 10.6. The topological polar surface area (TPSA) is 107 Å². The highest BCUT2D eigenvalue weighted by Crippen LogP contribution is 2.55. The molecule has 8 heteroatoms. The maximum Gasteiger partial charge on any atom is 0.284 e. The van der Waals surface area contributed by atoms with E-state index in [1.165, 1.54) is 25.4 Å². The van der Waals surface area contributed by atoms with Gasteiger partial charge in [-0.25, -0.2) is 19.3 Å². The Labute approximate surface area is 178 Å². The second-order valence-electron chi connectivity index (χ2n) is 8.27. The Morgan fingerprint density at radius 3 is 2.68 bits per heavy atom. The summed E-state index contributed by atoms with van der Waals surface area (Å²) in [7, 11) is 1.78. The van der Waals surface area contributed by atoms with E-state index in [-0.39, 0.29) is 29.0 Å². The maximum absolute atomic E-state index is 15.0. The third-order valence-corrected chi connectivity index (χ3v) is 6.16. The first-order valence-electron chi connectivity index (χ1n) is 9.99. The van der Waals surface area contributed by atoms with E-state index >= 15 is 0 Å². The van der Waals surface area contributed by atoms with Gasteiger partial charge in [0.25, 0.3) is 5.91 Å². The molecule has 7 nitrogen and oxygen atoms in total. The van der Waals surface area contributed by atoms with Crippen LogP contribution in [0.15, 0.2) is 30.6 Å². The van der Waals surface area contributed by atoms with Crippen LogP contribution in [0, 0.1) is 17.7 Å². The molecule has 3 aliphatic rings. The number of hydrogen-bond donors (Lipinski definition) is 2. The lowest BCUT2D eigenvalue weighted by molar-refractivity contribution is 0.0986. The molecule has 1 saturated carbocycles. The standard InChI is InChI=1S/C23H20FN5O2/c1-23(31,22-26-6-3-7-27-22)5-4-12-10-16-15(11-17(12)24)13-8-14(9-13)19-18(16)28-21(20(25)30)29(19)2/h3,6-7,10-11,13-14,31H,8-9H2,1-2H3,(H2,25,30)/t13?,14?,23-/m1/s1. The number of nitrogens with zero attached hydrogens (tertiary/aromatic N) is 4. The highest BCUT2D eigenvalue weighted by Gasteiger charge is 2.42. The number of aromatic nitrogens is 4. The van der Waals surface area contributed by atoms with Crippen molar-refractivity contribution in [3.63, 3.8) is 0 Å². The van der Waals surface area contributed by atoms with Gasteiger partial charge in [-0.05, 0) is 49.4 Å². The minimum Gasteiger partial charge on any atom is -0.371 e. The molecular weight excluding hydrogens is 397 g/mol. The Balaban J connectivity index is 1.64. The van der Waals surface area contributed by atoms with Crippen LogP contribution in [0.5, 0.6) is 0 Å². The van der Waals surface area contributed by atoms with Crippen molar-refractivity contribution in [3.8, 4) is 23.1 Å². The van der Waals surface area contributed by atoms with Gasteiger partial charge in [0.1, 0.15) is 5.82 Å². The van der Waals surface area contributed by atoms with Crippen LogP contribution in [0.1, 0.15) is 64.9 Å². The smallest absolute Gasteiger partial charge is 0.284 e. The third-order valence-electron chi connectivity index (χ3n) is 6.16. The predicted octanol–water partition coefficient (Wildman–Crippen LogP) is 2.35. The van der Waals surface area contributed by atoms with Gasteiger partial charge >= 0.3 is 0 Å². The molecule has 0 spiro atoms. The Hall–Kier alpha value is -3.57. The van der Waals surface area contributed by atoms with Crippen molar-refractivity contribution < 1.29 is 14.3 Å². The molecular formula is C23H20FN5O2. The fourth-order valence-electron chi connectivity index (χ4n) is 4.51. The van der Waals surface area contributed by atoms with Gasteiger partial charge in [-0.15, -0.1) is 0 Å². The molecule has 0 saturated heterocycles. The zero-order valence-corrected chi connectivity index (χ0v) is 17.1. The van der Waals surface area contributed by atoms with Gasteiger partial charge in [0.05, 0.1) is 11.3 Å². The van der Waals surface area contributed by atoms with Gasteiger partial charge in [0.15, 0.2) is 17.2 Å². The molecule has 2 bridgehead atoms. The SMILES string of the molecule is Cn1c(C(N)=O)nc2c1C1CC(C1)c1cc(F)c(C#C[C@@](C)(O)c3ncccn3)cc1-2. The van der Waals surface area contributed by atoms with Crippen molar-refractivity contribution in [3.05, 3.63) is 64.9 Å². The quantitative estimate of drug-likeness (QED) is 0.623. The molecule has 2 heterocycles. The van der Waals surface area contributed by atoms with Crippen molar-refractivity contribution in [1.29, 1.82) is 0 Å². The van der Waals surface area contributed by atoms with Crippen LogP contribution in [0.25, 0.3) is 11.3 Å². The minimum absolute atomic E-state index is 0.131. The Bertz CT molecular complexity index is 1280. The van der Waals surface area contributed by atoms with Crippen molar-refractivity contribution >= 4 is 5.91 Å². The average molecular weight is 417 g/mol. The van der Waals surface area contributed by atoms with Gasteiger partial charge in [0.2, 0.25) is 0 Å². The van der Waals surface area contributed by atoms with Crippen molar-refractivity contribution in [2.75, 3.05) is 0 Å². The van der Waals surface area contributed by atoms with E-state index in [1.807, 2.05) is 0 Å². The van der Waals surface area contributed by atoms with Gasteiger partial charge in [-0.2, -0.15) is 0 Å². The van der Waals surface area contributed by atoms with Crippen LogP contribution in [0.4, 0.5) is 4.39 Å². The number of benzene rings is 1. The van der Waals surface area contributed by atoms with Gasteiger partial charge in [-0.3, -0.25) is 4.79 Å². The Morgan fingerprint density at radius 2 is 2.00 bits per heavy atom. The molecule has 3 N–H and O–H groups in total. The number of primary amides is 1. The number of hydrogen-bond acceptors (Lipinski definition) is 5. The summed E-state index contributed by atoms with van der Waals surface area (Å²) < 4.78 is 16.7. The second-order valence-corrected chi connectivity index (χ2v) is 8.27. The van der Waals surface area contributed by atoms with Crippen LogP contribution >= 0.6 is 0 Å². The molecule has 3 aromatic rings. The van der Waals surface area contributed by atoms with E-state index in [9.17, 15) is 14.3 Å². The molecule has 1 aromatic carbocycles. The summed E-state index contributed by atoms with van der Waals surface area (Å²) in [6.45, 7) is 1.46. The zero-order chi connectivity index (χ0) is 21.9. The molecule has 1 amide bonds. The second kappa shape index (κ2) is 6.72. The van der Waals surface area contributed by atoms with Crippen LogP contribution in [-0.4, -0.2) is 30.5 Å². The number of rotatable bonds is 2. The number of amides is 1. The highest BCUT2D eigenvalue weighted by atomic mass is 19.1. The van der Waals surface area contributed by atoms with E-state index in [0.717, 1.165) is 29.7 Å². The van der Waals surface area contributed by atoms with Crippen molar-refractivity contribution in [1.82, 2.24) is 19.5 Å². The molecule has 0 radical (unpaired) electrons. The molecule has 0 aliphatic heterocycles. The number of carbonyl (C=O) groups is 1. The fourth-order valence-corrected chi connectivity index (χ4v) is 4.51. The normalized spacial score (nSPS) is 20.3. The molecule has 156 valence electrons. The first-order chi connectivity index (χ1) is 14.8. The molecule has 1 fully saturated rings. The summed E-state index contributed by atoms with van der Waals surface area (Å²) in [4.78, 5) is 24.4. The number of aliphatic hydroxyl groups is 1. The summed E-state index contributed by atoms with van der Waals surface area (Å²) in [5.41, 5.74) is 7.21. The van der Waals surface area contributed by atoms with E-state index in [4.69, 9.17) is 5.73 Å². The Kier molecular flexibility index (Phi) is 4.21. The third kappa shape index (κ3) is 3.01. The molecule has 6 rings (SSSR count). The monoisotopic (exact) mass is 417 g/mol. The summed E-state index contributed by atoms with van der Waals surface area (Å²) in [6.07, 6.45) is 4.77. The molecule has 0 unspecified atom stereocenters. The van der Waals surface area contributed by atoms with Gasteiger partial charge in [-0.1, -0.05) is 11.8 Å². The highest BCUT2D eigenvalue weighted by molar-refractivity contribution is 5.91. The van der Waals surface area contributed by atoms with Gasteiger partial charge < -0.3 is 15.4 Å². The molecule has 1 atom stereocenters. The first-order valence-corrected chi connectivity index (χ1v) is 9.99. The van der Waals surface area contributed by atoms with Crippen LogP contribution in [-0.2, 0) is 12.6 Å². The van der Waals surface area contributed by atoms with E-state index in [1.54, 1.807) is 23.7 Å². The molecule has 3 aliphatic carbocycles. The van der Waals surface area contributed by atoms with Crippen LogP contribution < -0.4 is 5.73 Å². The van der Waals surface area contributed by atoms with Crippen LogP contribution in [0.3, 0.4) is 0 Å². The Morgan fingerprint density at radius 1 is 1.29 bits per heavy atom. The lowest BCUT2D eigenvalue weighted by Crippen LogP contribution is -2.23. The summed E-state index contributed by atoms with van der Waals surface area (Å²) in [5.74, 6) is 5.17. The number of nitrogens with two attached hydrogens (primary N) is 1. The predicted molar refractivity (Wildman–Crippen MR) is 110 cm³/mol. The minimum atomic E-state index is -1.64. The fraction of sp³-hybridized carbons (Fsp3) is 0.304. The lowest BCUT2D eigenvalue weighted by Gasteiger charge is -2.34. The molecule has 31 heavy (non-hydrogen) atoms. The summed E-state index contributed by atoms with van der Waals surface area (Å²) in [6, 6.07) is 4.79. The van der Waals surface area contributed by atoms with Gasteiger partial charge in [0, 0.05) is 36.6 Å². The van der Waals surface area contributed by atoms with E-state index < -0.39 is 17.3 Å². The number of imidazole rings is 1. The van der Waals surface area contributed by atoms with E-state index in [0.29, 0.717) is 5.69 Å². The van der Waals surface area contributed by atoms with Crippen LogP contribution in [0.2, 0.25) is 0 Å². The zero-order valence-electron chi connectivity index (χ0n) is 17.1. The number of carbonyl (C=O) groups excluding carboxylic acids is 1. The first kappa shape index (κ1) is 19.4. The maximum atomic E-state index is 15.0. The lowest BCUT2D eigenvalue weighted by atomic mass is 9.71. The van der Waals surface area contributed by atoms with E-state index in [2.05, 4.69) is 26.8 Å². The van der Waals surface area contributed by atoms with Crippen molar-refractivity contribution in [2.45, 2.75) is 37.2 Å². The average Bonchev–Trinajstić information content (AvgIpc) is 2.91. The van der Waals surface area contributed by atoms with Crippen molar-refractivity contribution in [2.24, 2.45) is 12.8 Å². The number of halogens is 1. The summed E-state index contributed by atoms with van der Waals surface area (Å²) >= 11 is 0.